The van der Waals surface area contributed by atoms with Crippen molar-refractivity contribution >= 4 is 29.1 Å². The summed E-state index contributed by atoms with van der Waals surface area (Å²) < 4.78 is 5.69. The van der Waals surface area contributed by atoms with Crippen LogP contribution in [0.25, 0.3) is 0 Å². The number of fused-ring (bicyclic) bond motifs is 1. The maximum atomic E-state index is 12.8. The van der Waals surface area contributed by atoms with Gasteiger partial charge in [-0.05, 0) is 37.1 Å². The zero-order valence-corrected chi connectivity index (χ0v) is 17.4. The number of benzene rings is 1. The Morgan fingerprint density at radius 3 is 2.69 bits per heavy atom. The third kappa shape index (κ3) is 4.60. The normalized spacial score (nSPS) is 19.1. The van der Waals surface area contributed by atoms with E-state index in [1.165, 1.54) is 6.08 Å². The molecule has 0 spiro atoms. The van der Waals surface area contributed by atoms with E-state index >= 15 is 0 Å². The van der Waals surface area contributed by atoms with Gasteiger partial charge in [0.2, 0.25) is 17.7 Å². The van der Waals surface area contributed by atoms with E-state index in [2.05, 4.69) is 11.9 Å². The van der Waals surface area contributed by atoms with Crippen LogP contribution in [-0.2, 0) is 14.4 Å². The Bertz CT molecular complexity index is 828. The molecule has 0 bridgehead atoms. The number of nitrogens with one attached hydrogen (secondary N) is 1. The van der Waals surface area contributed by atoms with Crippen LogP contribution >= 0.6 is 0 Å². The minimum Gasteiger partial charge on any atom is -0.490 e. The first kappa shape index (κ1) is 20.9. The smallest absolute Gasteiger partial charge is 0.245 e. The zero-order valence-electron chi connectivity index (χ0n) is 17.4. The van der Waals surface area contributed by atoms with Gasteiger partial charge < -0.3 is 19.9 Å². The van der Waals surface area contributed by atoms with Crippen LogP contribution in [0.5, 0.6) is 5.75 Å². The number of nitrogens with zero attached hydrogens (tertiary/aromatic N) is 2. The maximum Gasteiger partial charge on any atom is 0.245 e. The average molecular weight is 399 g/mol. The molecular formula is C22H29N3O4. The third-order valence-corrected chi connectivity index (χ3v) is 5.25. The van der Waals surface area contributed by atoms with Crippen molar-refractivity contribution in [2.24, 2.45) is 11.3 Å². The lowest BCUT2D eigenvalue weighted by atomic mass is 9.94. The molecule has 0 saturated carbocycles. The number of amides is 3. The molecule has 1 atom stereocenters. The van der Waals surface area contributed by atoms with Crippen molar-refractivity contribution < 1.29 is 19.1 Å². The Morgan fingerprint density at radius 2 is 2.00 bits per heavy atom. The van der Waals surface area contributed by atoms with Crippen LogP contribution in [0.3, 0.4) is 0 Å². The second kappa shape index (κ2) is 8.27. The molecule has 1 fully saturated rings. The van der Waals surface area contributed by atoms with Crippen molar-refractivity contribution in [3.05, 3.63) is 30.9 Å². The molecule has 3 rings (SSSR count). The molecule has 1 saturated heterocycles. The Balaban J connectivity index is 1.75. The highest BCUT2D eigenvalue weighted by Crippen LogP contribution is 2.36. The molecule has 29 heavy (non-hydrogen) atoms. The number of hydrogen-bond donors (Lipinski definition) is 1. The fraction of sp³-hybridized carbons (Fsp3) is 0.500. The molecule has 7 heteroatoms. The van der Waals surface area contributed by atoms with E-state index in [4.69, 9.17) is 4.74 Å². The predicted molar refractivity (Wildman–Crippen MR) is 112 cm³/mol. The van der Waals surface area contributed by atoms with Crippen molar-refractivity contribution in [1.82, 2.24) is 4.90 Å². The van der Waals surface area contributed by atoms with Gasteiger partial charge in [0.15, 0.2) is 0 Å². The van der Waals surface area contributed by atoms with Gasteiger partial charge in [0, 0.05) is 24.2 Å². The zero-order chi connectivity index (χ0) is 21.2. The number of carbonyl (C=O) groups excluding carboxylic acids is 3. The lowest BCUT2D eigenvalue weighted by Crippen LogP contribution is -2.44. The number of anilines is 2. The second-order valence-electron chi connectivity index (χ2n) is 8.55. The maximum absolute atomic E-state index is 12.8. The molecule has 2 aliphatic rings. The number of carbonyl (C=O) groups is 3. The first-order chi connectivity index (χ1) is 13.7. The quantitative estimate of drug-likeness (QED) is 0.793. The first-order valence-corrected chi connectivity index (χ1v) is 10.0. The number of ether oxygens (including phenoxy) is 1. The molecule has 3 amide bonds. The van der Waals surface area contributed by atoms with Gasteiger partial charge in [-0.3, -0.25) is 14.4 Å². The van der Waals surface area contributed by atoms with E-state index in [1.54, 1.807) is 28.0 Å². The van der Waals surface area contributed by atoms with Crippen molar-refractivity contribution in [3.8, 4) is 5.75 Å². The summed E-state index contributed by atoms with van der Waals surface area (Å²) in [6, 6.07) is 5.34. The highest BCUT2D eigenvalue weighted by Gasteiger charge is 2.32. The summed E-state index contributed by atoms with van der Waals surface area (Å²) in [5.74, 6) is 0.0950. The fourth-order valence-electron chi connectivity index (χ4n) is 3.68. The van der Waals surface area contributed by atoms with Gasteiger partial charge in [-0.25, -0.2) is 0 Å². The van der Waals surface area contributed by atoms with E-state index in [1.807, 2.05) is 20.8 Å². The fourth-order valence-corrected chi connectivity index (χ4v) is 3.68. The molecular weight excluding hydrogens is 370 g/mol. The molecule has 0 radical (unpaired) electrons. The molecule has 7 nitrogen and oxygen atoms in total. The molecule has 156 valence electrons. The molecule has 0 aromatic heterocycles. The molecule has 1 aromatic carbocycles. The van der Waals surface area contributed by atoms with Crippen LogP contribution in [-0.4, -0.2) is 48.9 Å². The summed E-state index contributed by atoms with van der Waals surface area (Å²) in [5, 5.41) is 2.94. The Labute approximate surface area is 171 Å². The number of rotatable bonds is 3. The molecule has 1 unspecified atom stereocenters. The predicted octanol–water partition coefficient (Wildman–Crippen LogP) is 2.82. The van der Waals surface area contributed by atoms with Crippen molar-refractivity contribution in [1.29, 1.82) is 0 Å². The van der Waals surface area contributed by atoms with E-state index < -0.39 is 5.41 Å². The lowest BCUT2D eigenvalue weighted by molar-refractivity contribution is -0.130. The third-order valence-electron chi connectivity index (χ3n) is 5.25. The second-order valence-corrected chi connectivity index (χ2v) is 8.55. The van der Waals surface area contributed by atoms with E-state index in [9.17, 15) is 14.4 Å². The van der Waals surface area contributed by atoms with Crippen molar-refractivity contribution in [3.63, 3.8) is 0 Å². The first-order valence-electron chi connectivity index (χ1n) is 10.0. The Kier molecular flexibility index (Phi) is 5.96. The number of likely N-dealkylation sites (tertiary alicyclic amines) is 1. The van der Waals surface area contributed by atoms with Crippen LogP contribution in [0.15, 0.2) is 30.9 Å². The standard InChI is InChI=1S/C22H29N3O4/c1-5-19(26)24-10-6-7-15(14-24)20(27)23-16-8-9-18-17(13-16)25(11-12-29-18)21(28)22(2,3)4/h5,8-9,13,15H,1,6-7,10-12,14H2,2-4H3,(H,23,27). The van der Waals surface area contributed by atoms with E-state index in [0.29, 0.717) is 43.4 Å². The summed E-state index contributed by atoms with van der Waals surface area (Å²) in [5.41, 5.74) is 0.760. The molecule has 2 aliphatic heterocycles. The van der Waals surface area contributed by atoms with Gasteiger partial charge in [0.25, 0.3) is 0 Å². The molecule has 1 aromatic rings. The summed E-state index contributed by atoms with van der Waals surface area (Å²) in [6.45, 7) is 11.1. The summed E-state index contributed by atoms with van der Waals surface area (Å²) in [4.78, 5) is 40.8. The summed E-state index contributed by atoms with van der Waals surface area (Å²) >= 11 is 0. The average Bonchev–Trinajstić information content (AvgIpc) is 2.71. The largest absolute Gasteiger partial charge is 0.490 e. The van der Waals surface area contributed by atoms with E-state index in [-0.39, 0.29) is 23.6 Å². The van der Waals surface area contributed by atoms with Crippen LogP contribution in [0, 0.1) is 11.3 Å². The van der Waals surface area contributed by atoms with Crippen molar-refractivity contribution in [2.45, 2.75) is 33.6 Å². The van der Waals surface area contributed by atoms with E-state index in [0.717, 1.165) is 12.8 Å². The summed E-state index contributed by atoms with van der Waals surface area (Å²) in [6.07, 6.45) is 2.80. The highest BCUT2D eigenvalue weighted by molar-refractivity contribution is 6.00. The monoisotopic (exact) mass is 399 g/mol. The number of piperidine rings is 1. The molecule has 1 N–H and O–H groups in total. The topological polar surface area (TPSA) is 79.0 Å². The van der Waals surface area contributed by atoms with Crippen LogP contribution in [0.1, 0.15) is 33.6 Å². The van der Waals surface area contributed by atoms with Crippen molar-refractivity contribution in [2.75, 3.05) is 36.5 Å². The van der Waals surface area contributed by atoms with Gasteiger partial charge in [-0.15, -0.1) is 0 Å². The van der Waals surface area contributed by atoms with Gasteiger partial charge in [0.1, 0.15) is 12.4 Å². The van der Waals surface area contributed by atoms with Gasteiger partial charge in [0.05, 0.1) is 18.2 Å². The SMILES string of the molecule is C=CC(=O)N1CCCC(C(=O)Nc2ccc3c(c2)N(C(=O)C(C)(C)C)CCO3)C1. The minimum absolute atomic E-state index is 0.0105. The highest BCUT2D eigenvalue weighted by atomic mass is 16.5. The van der Waals surface area contributed by atoms with Crippen LogP contribution < -0.4 is 15.0 Å². The minimum atomic E-state index is -0.517. The summed E-state index contributed by atoms with van der Waals surface area (Å²) in [7, 11) is 0. The van der Waals surface area contributed by atoms with Crippen LogP contribution in [0.4, 0.5) is 11.4 Å². The Hall–Kier alpha value is -2.83. The lowest BCUT2D eigenvalue weighted by Gasteiger charge is -2.34. The number of hydrogen-bond acceptors (Lipinski definition) is 4. The van der Waals surface area contributed by atoms with Crippen LogP contribution in [0.2, 0.25) is 0 Å². The van der Waals surface area contributed by atoms with Gasteiger partial charge in [-0.1, -0.05) is 27.4 Å². The van der Waals surface area contributed by atoms with Gasteiger partial charge >= 0.3 is 0 Å². The molecule has 0 aliphatic carbocycles. The molecule has 2 heterocycles. The Morgan fingerprint density at radius 1 is 1.24 bits per heavy atom. The van der Waals surface area contributed by atoms with Gasteiger partial charge in [-0.2, -0.15) is 0 Å².